The van der Waals surface area contributed by atoms with E-state index in [0.717, 1.165) is 19.3 Å². The molecule has 0 aliphatic rings. The van der Waals surface area contributed by atoms with E-state index in [9.17, 15) is 4.79 Å². The van der Waals surface area contributed by atoms with Crippen LogP contribution in [-0.4, -0.2) is 22.5 Å². The molecule has 5 heteroatoms. The van der Waals surface area contributed by atoms with Crippen molar-refractivity contribution in [1.29, 1.82) is 0 Å². The Morgan fingerprint density at radius 2 is 1.95 bits per heavy atom. The number of hydrogen-bond donors (Lipinski definition) is 0. The number of ketones is 1. The van der Waals surface area contributed by atoms with Crippen molar-refractivity contribution in [3.05, 3.63) is 11.7 Å². The highest BCUT2D eigenvalue weighted by atomic mass is 16.5. The molecule has 108 valence electrons. The summed E-state index contributed by atoms with van der Waals surface area (Å²) in [5.41, 5.74) is -0.496. The third kappa shape index (κ3) is 3.86. The van der Waals surface area contributed by atoms with Gasteiger partial charge in [-0.25, -0.2) is 0 Å². The minimum Gasteiger partial charge on any atom is -0.367 e. The second-order valence-electron chi connectivity index (χ2n) is 4.61. The van der Waals surface area contributed by atoms with Gasteiger partial charge in [0, 0.05) is 13.0 Å². The van der Waals surface area contributed by atoms with Crippen molar-refractivity contribution >= 4 is 5.78 Å². The third-order valence-electron chi connectivity index (χ3n) is 3.32. The van der Waals surface area contributed by atoms with E-state index in [1.165, 1.54) is 0 Å². The molecule has 0 amide bonds. The Bertz CT molecular complexity index is 397. The third-order valence-corrected chi connectivity index (χ3v) is 3.32. The maximum Gasteiger partial charge on any atom is 0.234 e. The van der Waals surface area contributed by atoms with Crippen molar-refractivity contribution in [2.45, 2.75) is 65.4 Å². The molecule has 1 aromatic heterocycles. The zero-order valence-electron chi connectivity index (χ0n) is 12.4. The summed E-state index contributed by atoms with van der Waals surface area (Å²) in [4.78, 5) is 15.9. The molecule has 1 aromatic rings. The van der Waals surface area contributed by atoms with E-state index in [0.29, 0.717) is 24.7 Å². The summed E-state index contributed by atoms with van der Waals surface area (Å²) in [6, 6.07) is 0. The first kappa shape index (κ1) is 15.8. The summed E-state index contributed by atoms with van der Waals surface area (Å²) in [5, 5.41) is 4.00. The van der Waals surface area contributed by atoms with Gasteiger partial charge in [0.25, 0.3) is 0 Å². The lowest BCUT2D eigenvalue weighted by atomic mass is 9.96. The van der Waals surface area contributed by atoms with Crippen LogP contribution in [0.3, 0.4) is 0 Å². The van der Waals surface area contributed by atoms with Crippen molar-refractivity contribution in [2.24, 2.45) is 0 Å². The van der Waals surface area contributed by atoms with Gasteiger partial charge in [0.2, 0.25) is 11.7 Å². The highest BCUT2D eigenvalue weighted by molar-refractivity contribution is 5.79. The molecule has 0 unspecified atom stereocenters. The van der Waals surface area contributed by atoms with E-state index in [-0.39, 0.29) is 12.2 Å². The fourth-order valence-corrected chi connectivity index (χ4v) is 2.16. The summed E-state index contributed by atoms with van der Waals surface area (Å²) in [6.45, 7) is 8.60. The highest BCUT2D eigenvalue weighted by Gasteiger charge is 2.34. The zero-order chi connectivity index (χ0) is 14.3. The molecule has 0 aliphatic carbocycles. The van der Waals surface area contributed by atoms with E-state index in [4.69, 9.17) is 9.26 Å². The van der Waals surface area contributed by atoms with Gasteiger partial charge >= 0.3 is 0 Å². The summed E-state index contributed by atoms with van der Waals surface area (Å²) in [5.74, 6) is 1.07. The number of carbonyl (C=O) groups is 1. The van der Waals surface area contributed by atoms with Crippen LogP contribution in [0, 0.1) is 0 Å². The normalized spacial score (nSPS) is 11.8. The number of Topliss-reactive ketones (excluding diaryl/α,β-unsaturated/α-hetero) is 1. The Morgan fingerprint density at radius 1 is 1.26 bits per heavy atom. The number of rotatable bonds is 9. The molecule has 5 nitrogen and oxygen atoms in total. The van der Waals surface area contributed by atoms with E-state index >= 15 is 0 Å². The van der Waals surface area contributed by atoms with Crippen LogP contribution in [0.4, 0.5) is 0 Å². The molecule has 0 aliphatic heterocycles. The van der Waals surface area contributed by atoms with Crippen LogP contribution >= 0.6 is 0 Å². The van der Waals surface area contributed by atoms with Gasteiger partial charge in [0.15, 0.2) is 0 Å². The first-order valence-corrected chi connectivity index (χ1v) is 7.10. The van der Waals surface area contributed by atoms with Gasteiger partial charge in [0.05, 0.1) is 6.42 Å². The smallest absolute Gasteiger partial charge is 0.234 e. The van der Waals surface area contributed by atoms with E-state index < -0.39 is 5.60 Å². The highest BCUT2D eigenvalue weighted by Crippen LogP contribution is 2.30. The van der Waals surface area contributed by atoms with Gasteiger partial charge in [-0.15, -0.1) is 0 Å². The van der Waals surface area contributed by atoms with E-state index in [1.807, 2.05) is 27.7 Å². The monoisotopic (exact) mass is 268 g/mol. The van der Waals surface area contributed by atoms with Gasteiger partial charge in [-0.05, 0) is 26.2 Å². The lowest BCUT2D eigenvalue weighted by Gasteiger charge is -2.27. The average molecular weight is 268 g/mol. The number of hydrogen-bond acceptors (Lipinski definition) is 5. The Kier molecular flexibility index (Phi) is 6.15. The summed E-state index contributed by atoms with van der Waals surface area (Å²) in [7, 11) is 0. The van der Waals surface area contributed by atoms with E-state index in [2.05, 4.69) is 10.1 Å². The van der Waals surface area contributed by atoms with Crippen LogP contribution in [0.2, 0.25) is 0 Å². The first-order chi connectivity index (χ1) is 9.11. The number of carbonyl (C=O) groups excluding carboxylic acids is 1. The second kappa shape index (κ2) is 7.38. The molecule has 0 fully saturated rings. The lowest BCUT2D eigenvalue weighted by molar-refractivity contribution is -0.118. The first-order valence-electron chi connectivity index (χ1n) is 7.10. The second-order valence-corrected chi connectivity index (χ2v) is 4.61. The van der Waals surface area contributed by atoms with Gasteiger partial charge < -0.3 is 9.26 Å². The van der Waals surface area contributed by atoms with Crippen molar-refractivity contribution in [3.8, 4) is 0 Å². The Morgan fingerprint density at radius 3 is 2.47 bits per heavy atom. The molecule has 1 heterocycles. The standard InChI is InChI=1S/C14H24N2O3/c1-5-9-11(17)10-12-15-13(16-19-12)14(6-2,7-3)18-8-4/h5-10H2,1-4H3. The van der Waals surface area contributed by atoms with Gasteiger partial charge in [0.1, 0.15) is 11.4 Å². The van der Waals surface area contributed by atoms with Crippen LogP contribution in [-0.2, 0) is 21.6 Å². The Balaban J connectivity index is 2.84. The van der Waals surface area contributed by atoms with Crippen LogP contribution in [0.1, 0.15) is 65.1 Å². The number of ether oxygens (including phenoxy) is 1. The Hall–Kier alpha value is -1.23. The topological polar surface area (TPSA) is 65.2 Å². The molecule has 0 atom stereocenters. The predicted octanol–water partition coefficient (Wildman–Crippen LogP) is 3.03. The van der Waals surface area contributed by atoms with Crippen LogP contribution in [0.25, 0.3) is 0 Å². The SMILES string of the molecule is CCCC(=O)Cc1nc(C(CC)(CC)OCC)no1. The molecule has 19 heavy (non-hydrogen) atoms. The quantitative estimate of drug-likeness (QED) is 0.688. The van der Waals surface area contributed by atoms with Gasteiger partial charge in [-0.1, -0.05) is 25.9 Å². The fraction of sp³-hybridized carbons (Fsp3) is 0.786. The van der Waals surface area contributed by atoms with Crippen molar-refractivity contribution in [3.63, 3.8) is 0 Å². The number of aromatic nitrogens is 2. The zero-order valence-corrected chi connectivity index (χ0v) is 12.4. The molecule has 0 saturated heterocycles. The largest absolute Gasteiger partial charge is 0.367 e. The summed E-state index contributed by atoms with van der Waals surface area (Å²) >= 11 is 0. The van der Waals surface area contributed by atoms with Gasteiger partial charge in [-0.3, -0.25) is 4.79 Å². The molecule has 0 saturated carbocycles. The fourth-order valence-electron chi connectivity index (χ4n) is 2.16. The van der Waals surface area contributed by atoms with Gasteiger partial charge in [-0.2, -0.15) is 4.98 Å². The molecule has 0 bridgehead atoms. The van der Waals surface area contributed by atoms with Crippen molar-refractivity contribution < 1.29 is 14.1 Å². The Labute approximate surface area is 114 Å². The minimum absolute atomic E-state index is 0.132. The summed E-state index contributed by atoms with van der Waals surface area (Å²) < 4.78 is 11.0. The maximum absolute atomic E-state index is 11.6. The van der Waals surface area contributed by atoms with Crippen LogP contribution in [0.15, 0.2) is 4.52 Å². The molecular weight excluding hydrogens is 244 g/mol. The number of nitrogens with zero attached hydrogens (tertiary/aromatic N) is 2. The van der Waals surface area contributed by atoms with Crippen LogP contribution < -0.4 is 0 Å². The minimum atomic E-state index is -0.496. The molecule has 0 radical (unpaired) electrons. The average Bonchev–Trinajstić information content (AvgIpc) is 2.85. The molecule has 1 rings (SSSR count). The molecule has 0 N–H and O–H groups in total. The van der Waals surface area contributed by atoms with Crippen molar-refractivity contribution in [1.82, 2.24) is 10.1 Å². The lowest BCUT2D eigenvalue weighted by Crippen LogP contribution is -2.29. The van der Waals surface area contributed by atoms with Crippen LogP contribution in [0.5, 0.6) is 0 Å². The predicted molar refractivity (Wildman–Crippen MR) is 71.8 cm³/mol. The summed E-state index contributed by atoms with van der Waals surface area (Å²) in [6.07, 6.45) is 3.16. The maximum atomic E-state index is 11.6. The molecular formula is C14H24N2O3. The molecule has 0 aromatic carbocycles. The van der Waals surface area contributed by atoms with E-state index in [1.54, 1.807) is 0 Å². The van der Waals surface area contributed by atoms with Crippen molar-refractivity contribution in [2.75, 3.05) is 6.61 Å². The molecule has 0 spiro atoms.